The number of methoxy groups -OCH3 is 1. The van der Waals surface area contributed by atoms with E-state index in [-0.39, 0.29) is 12.3 Å². The smallest absolute Gasteiger partial charge is 0.305 e. The van der Waals surface area contributed by atoms with Crippen LogP contribution in [0, 0.1) is 0 Å². The number of amides is 1. The van der Waals surface area contributed by atoms with Crippen molar-refractivity contribution >= 4 is 11.9 Å². The molecule has 2 rings (SSSR count). The molecule has 126 valence electrons. The molecule has 0 heterocycles. The summed E-state index contributed by atoms with van der Waals surface area (Å²) in [5.74, 6) is -0.441. The Morgan fingerprint density at radius 1 is 1.08 bits per heavy atom. The Hall–Kier alpha value is -2.82. The highest BCUT2D eigenvalue weighted by atomic mass is 16.5. The van der Waals surface area contributed by atoms with E-state index in [1.54, 1.807) is 31.4 Å². The molecular weight excluding hydrogens is 306 g/mol. The molecule has 0 saturated carbocycles. The van der Waals surface area contributed by atoms with E-state index < -0.39 is 12.0 Å². The van der Waals surface area contributed by atoms with Crippen molar-refractivity contribution in [3.05, 3.63) is 65.7 Å². The first-order valence-corrected chi connectivity index (χ1v) is 7.77. The maximum atomic E-state index is 12.2. The normalized spacial score (nSPS) is 11.5. The van der Waals surface area contributed by atoms with Crippen molar-refractivity contribution in [1.82, 2.24) is 5.32 Å². The highest BCUT2D eigenvalue weighted by Gasteiger charge is 2.18. The molecule has 2 aromatic rings. The van der Waals surface area contributed by atoms with Gasteiger partial charge in [0.1, 0.15) is 5.75 Å². The highest BCUT2D eigenvalue weighted by Crippen LogP contribution is 2.20. The van der Waals surface area contributed by atoms with E-state index in [0.717, 1.165) is 11.1 Å². The molecule has 5 heteroatoms. The van der Waals surface area contributed by atoms with E-state index >= 15 is 0 Å². The van der Waals surface area contributed by atoms with Crippen LogP contribution in [-0.4, -0.2) is 24.1 Å². The fraction of sp³-hybridized carbons (Fsp3) is 0.263. The van der Waals surface area contributed by atoms with E-state index in [4.69, 9.17) is 9.84 Å². The van der Waals surface area contributed by atoms with Crippen LogP contribution in [0.1, 0.15) is 30.0 Å². The topological polar surface area (TPSA) is 75.6 Å². The number of rotatable bonds is 8. The summed E-state index contributed by atoms with van der Waals surface area (Å²) in [7, 11) is 1.56. The molecule has 0 aromatic heterocycles. The number of carbonyl (C=O) groups is 2. The van der Waals surface area contributed by atoms with E-state index in [9.17, 15) is 9.59 Å². The van der Waals surface area contributed by atoms with Gasteiger partial charge in [0.15, 0.2) is 0 Å². The molecule has 0 aliphatic carbocycles. The van der Waals surface area contributed by atoms with Gasteiger partial charge in [0.25, 0.3) is 0 Å². The van der Waals surface area contributed by atoms with E-state index in [0.29, 0.717) is 18.6 Å². The van der Waals surface area contributed by atoms with Crippen molar-refractivity contribution in [3.63, 3.8) is 0 Å². The monoisotopic (exact) mass is 327 g/mol. The van der Waals surface area contributed by atoms with Gasteiger partial charge in [-0.15, -0.1) is 0 Å². The van der Waals surface area contributed by atoms with Crippen LogP contribution < -0.4 is 10.1 Å². The summed E-state index contributed by atoms with van der Waals surface area (Å²) in [4.78, 5) is 23.3. The molecule has 1 amide bonds. The van der Waals surface area contributed by atoms with Crippen LogP contribution in [0.5, 0.6) is 5.75 Å². The summed E-state index contributed by atoms with van der Waals surface area (Å²) < 4.78 is 5.09. The SMILES string of the molecule is COc1ccc([C@@H](CC(=O)O)NC(=O)CCc2ccccc2)cc1. The van der Waals surface area contributed by atoms with Crippen LogP contribution >= 0.6 is 0 Å². The minimum absolute atomic E-state index is 0.163. The number of hydrogen-bond donors (Lipinski definition) is 2. The number of benzene rings is 2. The number of carboxylic acid groups (broad SMARTS) is 1. The molecule has 0 radical (unpaired) electrons. The van der Waals surface area contributed by atoms with Gasteiger partial charge in [-0.05, 0) is 29.7 Å². The number of aryl methyl sites for hydroxylation is 1. The molecule has 1 atom stereocenters. The number of nitrogens with one attached hydrogen (secondary N) is 1. The standard InChI is InChI=1S/C19H21NO4/c1-24-16-10-8-15(9-11-16)17(13-19(22)23)20-18(21)12-7-14-5-3-2-4-6-14/h2-6,8-11,17H,7,12-13H2,1H3,(H,20,21)(H,22,23)/t17-/m1/s1. The van der Waals surface area contributed by atoms with Crippen LogP contribution in [0.15, 0.2) is 54.6 Å². The zero-order valence-electron chi connectivity index (χ0n) is 13.6. The van der Waals surface area contributed by atoms with Gasteiger partial charge in [0.2, 0.25) is 5.91 Å². The molecule has 5 nitrogen and oxygen atoms in total. The van der Waals surface area contributed by atoms with Crippen molar-refractivity contribution in [3.8, 4) is 5.75 Å². The molecule has 0 aliphatic heterocycles. The lowest BCUT2D eigenvalue weighted by Crippen LogP contribution is -2.30. The Balaban J connectivity index is 1.99. The molecule has 0 bridgehead atoms. The van der Waals surface area contributed by atoms with Crippen LogP contribution in [0.3, 0.4) is 0 Å². The zero-order chi connectivity index (χ0) is 17.4. The maximum absolute atomic E-state index is 12.2. The zero-order valence-corrected chi connectivity index (χ0v) is 13.6. The van der Waals surface area contributed by atoms with Crippen molar-refractivity contribution < 1.29 is 19.4 Å². The largest absolute Gasteiger partial charge is 0.497 e. The number of carbonyl (C=O) groups excluding carboxylic acids is 1. The Labute approximate surface area is 141 Å². The fourth-order valence-corrected chi connectivity index (χ4v) is 2.43. The van der Waals surface area contributed by atoms with Crippen molar-refractivity contribution in [1.29, 1.82) is 0 Å². The first-order chi connectivity index (χ1) is 11.6. The molecule has 24 heavy (non-hydrogen) atoms. The summed E-state index contributed by atoms with van der Waals surface area (Å²) in [6, 6.07) is 16.2. The average molecular weight is 327 g/mol. The molecule has 0 unspecified atom stereocenters. The number of hydrogen-bond acceptors (Lipinski definition) is 3. The van der Waals surface area contributed by atoms with Gasteiger partial charge < -0.3 is 15.2 Å². The number of aliphatic carboxylic acids is 1. The second-order valence-corrected chi connectivity index (χ2v) is 5.48. The highest BCUT2D eigenvalue weighted by molar-refractivity contribution is 5.78. The van der Waals surface area contributed by atoms with Crippen molar-refractivity contribution in [2.75, 3.05) is 7.11 Å². The lowest BCUT2D eigenvalue weighted by atomic mass is 10.0. The predicted molar refractivity (Wildman–Crippen MR) is 90.9 cm³/mol. The van der Waals surface area contributed by atoms with Crippen LogP contribution in [-0.2, 0) is 16.0 Å². The third-order valence-electron chi connectivity index (χ3n) is 3.72. The molecule has 2 N–H and O–H groups in total. The molecule has 0 saturated heterocycles. The summed E-state index contributed by atoms with van der Waals surface area (Å²) in [6.07, 6.45) is 0.773. The Morgan fingerprint density at radius 3 is 2.33 bits per heavy atom. The maximum Gasteiger partial charge on any atom is 0.305 e. The van der Waals surface area contributed by atoms with E-state index in [2.05, 4.69) is 5.32 Å². The van der Waals surface area contributed by atoms with Crippen LogP contribution in [0.2, 0.25) is 0 Å². The molecule has 0 aliphatic rings. The molecule has 2 aromatic carbocycles. The minimum Gasteiger partial charge on any atom is -0.497 e. The number of ether oxygens (including phenoxy) is 1. The summed E-state index contributed by atoms with van der Waals surface area (Å²) in [5.41, 5.74) is 1.82. The molecule has 0 fully saturated rings. The van der Waals surface area contributed by atoms with Gasteiger partial charge >= 0.3 is 5.97 Å². The minimum atomic E-state index is -0.959. The van der Waals surface area contributed by atoms with Gasteiger partial charge in [-0.3, -0.25) is 9.59 Å². The molecular formula is C19H21NO4. The van der Waals surface area contributed by atoms with Gasteiger partial charge in [0, 0.05) is 6.42 Å². The fourth-order valence-electron chi connectivity index (χ4n) is 2.43. The molecule has 0 spiro atoms. The van der Waals surface area contributed by atoms with Crippen LogP contribution in [0.4, 0.5) is 0 Å². The third-order valence-corrected chi connectivity index (χ3v) is 3.72. The Kier molecular flexibility index (Phi) is 6.37. The first-order valence-electron chi connectivity index (χ1n) is 7.77. The third kappa shape index (κ3) is 5.43. The average Bonchev–Trinajstić information content (AvgIpc) is 2.60. The van der Waals surface area contributed by atoms with Gasteiger partial charge in [-0.1, -0.05) is 42.5 Å². The van der Waals surface area contributed by atoms with Crippen molar-refractivity contribution in [2.24, 2.45) is 0 Å². The van der Waals surface area contributed by atoms with Crippen molar-refractivity contribution in [2.45, 2.75) is 25.3 Å². The number of carboxylic acids is 1. The van der Waals surface area contributed by atoms with Crippen LogP contribution in [0.25, 0.3) is 0 Å². The second-order valence-electron chi connectivity index (χ2n) is 5.48. The quantitative estimate of drug-likeness (QED) is 0.781. The lowest BCUT2D eigenvalue weighted by molar-refractivity contribution is -0.137. The summed E-state index contributed by atoms with van der Waals surface area (Å²) in [5, 5.41) is 11.9. The first kappa shape index (κ1) is 17.5. The van der Waals surface area contributed by atoms with E-state index in [1.807, 2.05) is 30.3 Å². The Morgan fingerprint density at radius 2 is 1.75 bits per heavy atom. The predicted octanol–water partition coefficient (Wildman–Crippen LogP) is 2.96. The Bertz CT molecular complexity index is 668. The lowest BCUT2D eigenvalue weighted by Gasteiger charge is -2.18. The summed E-state index contributed by atoms with van der Waals surface area (Å²) in [6.45, 7) is 0. The van der Waals surface area contributed by atoms with Gasteiger partial charge in [-0.2, -0.15) is 0 Å². The summed E-state index contributed by atoms with van der Waals surface area (Å²) >= 11 is 0. The van der Waals surface area contributed by atoms with Gasteiger partial charge in [-0.25, -0.2) is 0 Å². The van der Waals surface area contributed by atoms with Gasteiger partial charge in [0.05, 0.1) is 19.6 Å². The second kappa shape index (κ2) is 8.72. The van der Waals surface area contributed by atoms with E-state index in [1.165, 1.54) is 0 Å².